The largest absolute Gasteiger partial charge is 3.00 e. The van der Waals surface area contributed by atoms with Crippen LogP contribution < -0.4 is 5.11 Å². The summed E-state index contributed by atoms with van der Waals surface area (Å²) in [5, 5.41) is 27.8. The smallest absolute Gasteiger partial charge is 0.543 e. The molecule has 4 aromatic carbocycles. The second-order valence-corrected chi connectivity index (χ2v) is 12.9. The summed E-state index contributed by atoms with van der Waals surface area (Å²) >= 11 is 0. The number of benzene rings is 4. The van der Waals surface area contributed by atoms with Gasteiger partial charge in [0.15, 0.2) is 0 Å². The predicted octanol–water partition coefficient (Wildman–Crippen LogP) is 6.48. The summed E-state index contributed by atoms with van der Waals surface area (Å²) < 4.78 is 0. The summed E-state index contributed by atoms with van der Waals surface area (Å²) in [6, 6.07) is 38.7. The molecule has 3 heterocycles. The monoisotopic (exact) mass is 815 g/mol. The van der Waals surface area contributed by atoms with Crippen molar-refractivity contribution in [1.29, 1.82) is 0 Å². The number of aromatic nitrogens is 7. The Kier molecular flexibility index (Phi) is 11.4. The Labute approximate surface area is 294 Å². The van der Waals surface area contributed by atoms with E-state index in [0.717, 1.165) is 33.4 Å². The Morgan fingerprint density at radius 3 is 1.33 bits per heavy atom. The molecule has 48 heavy (non-hydrogen) atoms. The summed E-state index contributed by atoms with van der Waals surface area (Å²) in [5.41, 5.74) is 8.36. The van der Waals surface area contributed by atoms with Gasteiger partial charge in [-0.05, 0) is 58.4 Å². The molecule has 0 saturated carbocycles. The molecule has 0 fully saturated rings. The Balaban J connectivity index is 0.000000171. The van der Waals surface area contributed by atoms with Gasteiger partial charge in [0.1, 0.15) is 0 Å². The van der Waals surface area contributed by atoms with Crippen LogP contribution in [0, 0.1) is 12.1 Å². The van der Waals surface area contributed by atoms with Crippen molar-refractivity contribution in [1.82, 2.24) is 35.0 Å². The predicted molar refractivity (Wildman–Crippen MR) is 181 cm³/mol. The van der Waals surface area contributed by atoms with Gasteiger partial charge in [-0.2, -0.15) is 44.1 Å². The normalized spacial score (nSPS) is 11.1. The van der Waals surface area contributed by atoms with Crippen molar-refractivity contribution in [2.24, 2.45) is 0 Å². The molecule has 0 N–H and O–H groups in total. The molecule has 0 amide bonds. The van der Waals surface area contributed by atoms with E-state index in [1.165, 1.54) is 23.4 Å². The van der Waals surface area contributed by atoms with Crippen molar-refractivity contribution >= 4 is 28.0 Å². The molecule has 0 saturated heterocycles. The number of hydrogen-bond acceptors (Lipinski definition) is 7. The quantitative estimate of drug-likeness (QED) is 0.188. The van der Waals surface area contributed by atoms with E-state index in [1.54, 1.807) is 21.7 Å². The average Bonchev–Trinajstić information content (AvgIpc) is 3.70. The molecule has 0 aliphatic carbocycles. The fraction of sp³-hybridized carbons (Fsp3) is 0.211. The number of rotatable bonds is 3. The average molecular weight is 815 g/mol. The molecular formula is C38H36IrN7O2. The molecule has 7 rings (SSSR count). The standard InChI is InChI=1S/2C16H16N3.C6H5NO2.Ir/c2*1-16(2,3)12-8-10-13(11-9-12)19-17-14-6-4-5-7-15(14)18-19;8-6(9)5-3-1-2-4-7-5;/h2*4,6-11H,1-3H3;1-4H,(H,8,9);/q2*-1;;+3/p-1. The van der Waals surface area contributed by atoms with Gasteiger partial charge in [0, 0.05) is 28.3 Å². The van der Waals surface area contributed by atoms with Gasteiger partial charge in [0.2, 0.25) is 0 Å². The van der Waals surface area contributed by atoms with Gasteiger partial charge in [-0.1, -0.05) is 71.9 Å². The van der Waals surface area contributed by atoms with Crippen LogP contribution in [-0.2, 0) is 30.9 Å². The first-order valence-corrected chi connectivity index (χ1v) is 15.2. The Morgan fingerprint density at radius 1 is 0.604 bits per heavy atom. The van der Waals surface area contributed by atoms with Crippen molar-refractivity contribution in [2.45, 2.75) is 52.4 Å². The van der Waals surface area contributed by atoms with Crippen LogP contribution in [0.25, 0.3) is 33.4 Å². The number of carboxylic acids is 1. The van der Waals surface area contributed by atoms with E-state index in [1.807, 2.05) is 36.4 Å². The van der Waals surface area contributed by atoms with Gasteiger partial charge in [0.05, 0.1) is 23.0 Å². The number of carboxylic acid groups (broad SMARTS) is 1. The molecule has 0 unspecified atom stereocenters. The maximum absolute atomic E-state index is 10.0. The van der Waals surface area contributed by atoms with E-state index in [2.05, 4.69) is 128 Å². The number of carbonyl (C=O) groups excluding carboxylic acids is 1. The van der Waals surface area contributed by atoms with Gasteiger partial charge in [-0.25, -0.2) is 10.2 Å². The van der Waals surface area contributed by atoms with Crippen molar-refractivity contribution < 1.29 is 30.0 Å². The number of fused-ring (bicyclic) bond motifs is 2. The van der Waals surface area contributed by atoms with Gasteiger partial charge >= 0.3 is 20.1 Å². The Bertz CT molecular complexity index is 1880. The summed E-state index contributed by atoms with van der Waals surface area (Å²) in [7, 11) is 0. The van der Waals surface area contributed by atoms with E-state index in [4.69, 9.17) is 0 Å². The molecule has 3 aromatic heterocycles. The van der Waals surface area contributed by atoms with Crippen LogP contribution in [0.5, 0.6) is 0 Å². The van der Waals surface area contributed by atoms with Gasteiger partial charge in [-0.15, -0.1) is 24.3 Å². The van der Waals surface area contributed by atoms with Crippen LogP contribution in [0.4, 0.5) is 0 Å². The van der Waals surface area contributed by atoms with Crippen molar-refractivity contribution in [3.63, 3.8) is 0 Å². The molecule has 7 aromatic rings. The van der Waals surface area contributed by atoms with Crippen LogP contribution in [-0.4, -0.2) is 40.9 Å². The Morgan fingerprint density at radius 2 is 1.02 bits per heavy atom. The van der Waals surface area contributed by atoms with E-state index in [-0.39, 0.29) is 36.6 Å². The summed E-state index contributed by atoms with van der Waals surface area (Å²) in [6.45, 7) is 13.2. The van der Waals surface area contributed by atoms with Gasteiger partial charge in [0.25, 0.3) is 0 Å². The first kappa shape index (κ1) is 35.8. The van der Waals surface area contributed by atoms with E-state index < -0.39 is 5.97 Å². The fourth-order valence-corrected chi connectivity index (χ4v) is 4.51. The van der Waals surface area contributed by atoms with E-state index in [0.29, 0.717) is 0 Å². The van der Waals surface area contributed by atoms with Crippen LogP contribution in [0.3, 0.4) is 0 Å². The van der Waals surface area contributed by atoms with Gasteiger partial charge < -0.3 is 9.90 Å². The maximum Gasteiger partial charge on any atom is 3.00 e. The Hall–Kier alpha value is -5.05. The van der Waals surface area contributed by atoms with Crippen LogP contribution in [0.15, 0.2) is 109 Å². The summed E-state index contributed by atoms with van der Waals surface area (Å²) in [6.07, 6.45) is 1.41. The number of nitrogens with zero attached hydrogens (tertiary/aromatic N) is 7. The second-order valence-electron chi connectivity index (χ2n) is 12.9. The summed E-state index contributed by atoms with van der Waals surface area (Å²) in [4.78, 5) is 16.9. The molecular weight excluding hydrogens is 779 g/mol. The minimum Gasteiger partial charge on any atom is -0.543 e. The topological polar surface area (TPSA) is 114 Å². The molecule has 0 radical (unpaired) electrons. The number of pyridine rings is 1. The molecule has 9 nitrogen and oxygen atoms in total. The first-order chi connectivity index (χ1) is 22.4. The molecule has 0 aliphatic rings. The number of carbonyl (C=O) groups is 1. The zero-order chi connectivity index (χ0) is 33.6. The molecule has 0 bridgehead atoms. The van der Waals surface area contributed by atoms with Crippen molar-refractivity contribution in [3.8, 4) is 11.4 Å². The maximum atomic E-state index is 10.0. The van der Waals surface area contributed by atoms with E-state index in [9.17, 15) is 9.90 Å². The third-order valence-corrected chi connectivity index (χ3v) is 7.25. The van der Waals surface area contributed by atoms with Crippen LogP contribution in [0.1, 0.15) is 63.2 Å². The number of hydrogen-bond donors (Lipinski definition) is 0. The minimum absolute atomic E-state index is 0. The van der Waals surface area contributed by atoms with Crippen molar-refractivity contribution in [3.05, 3.63) is 138 Å². The molecule has 10 heteroatoms. The molecule has 0 atom stereocenters. The minimum atomic E-state index is -1.24. The number of aromatic carboxylic acids is 1. The van der Waals surface area contributed by atoms with Gasteiger partial charge in [-0.3, -0.25) is 4.98 Å². The molecule has 244 valence electrons. The first-order valence-electron chi connectivity index (χ1n) is 15.2. The van der Waals surface area contributed by atoms with Crippen LogP contribution in [0.2, 0.25) is 0 Å². The molecule has 0 spiro atoms. The third-order valence-electron chi connectivity index (χ3n) is 7.25. The summed E-state index contributed by atoms with van der Waals surface area (Å²) in [5.74, 6) is -1.24. The van der Waals surface area contributed by atoms with Crippen LogP contribution >= 0.6 is 0 Å². The zero-order valence-electron chi connectivity index (χ0n) is 27.7. The fourth-order valence-electron chi connectivity index (χ4n) is 4.51. The second kappa shape index (κ2) is 15.2. The SMILES string of the molecule is CC(C)(C)c1ccc(-n2nc3c[c-]ccc3n2)cc1.CC(C)(C)c1ccc(-n2nc3c[c-]ccc3n2)cc1.O=C([O-])c1ccccn1.[Ir+3]. The zero-order valence-corrected chi connectivity index (χ0v) is 30.1. The molecule has 0 aliphatic heterocycles. The van der Waals surface area contributed by atoms with E-state index >= 15 is 0 Å². The van der Waals surface area contributed by atoms with Crippen molar-refractivity contribution in [2.75, 3.05) is 0 Å². The third kappa shape index (κ3) is 9.06.